The van der Waals surface area contributed by atoms with Gasteiger partial charge >= 0.3 is 0 Å². The Kier molecular flexibility index (Phi) is 8.69. The van der Waals surface area contributed by atoms with E-state index in [-0.39, 0.29) is 0 Å². The average molecular weight is 802 g/mol. The Labute approximate surface area is 369 Å². The molecule has 0 atom stereocenters. The van der Waals surface area contributed by atoms with E-state index in [1.54, 1.807) is 0 Å². The predicted molar refractivity (Wildman–Crippen MR) is 261 cm³/mol. The second-order valence-corrected chi connectivity index (χ2v) is 16.7. The number of fused-ring (bicyclic) bond motifs is 6. The molecule has 0 saturated carbocycles. The van der Waals surface area contributed by atoms with E-state index in [2.05, 4.69) is 266 Å². The van der Waals surface area contributed by atoms with E-state index in [1.165, 1.54) is 77.9 Å². The summed E-state index contributed by atoms with van der Waals surface area (Å²) in [5.74, 6) is 0. The van der Waals surface area contributed by atoms with Crippen LogP contribution in [0.1, 0.15) is 44.5 Å². The van der Waals surface area contributed by atoms with E-state index in [1.807, 2.05) is 0 Å². The molecule has 0 fully saturated rings. The van der Waals surface area contributed by atoms with Crippen molar-refractivity contribution in [2.75, 3.05) is 4.90 Å². The summed E-state index contributed by atoms with van der Waals surface area (Å²) in [6, 6.07) is 96.4. The fourth-order valence-electron chi connectivity index (χ4n) is 11.1. The lowest BCUT2D eigenvalue weighted by Gasteiger charge is -2.35. The molecule has 10 aromatic carbocycles. The zero-order chi connectivity index (χ0) is 41.8. The van der Waals surface area contributed by atoms with Crippen molar-refractivity contribution in [1.29, 1.82) is 0 Å². The Balaban J connectivity index is 1.13. The molecule has 0 aromatic heterocycles. The van der Waals surface area contributed by atoms with Gasteiger partial charge in [-0.05, 0) is 103 Å². The Morgan fingerprint density at radius 1 is 0.238 bits per heavy atom. The van der Waals surface area contributed by atoms with Gasteiger partial charge in [0.25, 0.3) is 0 Å². The highest BCUT2D eigenvalue weighted by Crippen LogP contribution is 2.59. The van der Waals surface area contributed by atoms with E-state index < -0.39 is 10.8 Å². The number of anilines is 3. The van der Waals surface area contributed by atoms with Crippen molar-refractivity contribution in [3.63, 3.8) is 0 Å². The molecule has 0 amide bonds. The van der Waals surface area contributed by atoms with Gasteiger partial charge in [-0.2, -0.15) is 0 Å². The van der Waals surface area contributed by atoms with E-state index in [0.29, 0.717) is 0 Å². The molecule has 2 aliphatic carbocycles. The van der Waals surface area contributed by atoms with Crippen LogP contribution in [-0.4, -0.2) is 0 Å². The third-order valence-corrected chi connectivity index (χ3v) is 13.6. The molecule has 0 bridgehead atoms. The topological polar surface area (TPSA) is 3.24 Å². The van der Waals surface area contributed by atoms with Crippen LogP contribution in [0.2, 0.25) is 0 Å². The van der Waals surface area contributed by atoms with Crippen LogP contribution in [0.5, 0.6) is 0 Å². The van der Waals surface area contributed by atoms with Crippen LogP contribution in [0.15, 0.2) is 261 Å². The van der Waals surface area contributed by atoms with Crippen LogP contribution in [0, 0.1) is 0 Å². The number of benzene rings is 10. The van der Waals surface area contributed by atoms with Crippen LogP contribution < -0.4 is 4.90 Å². The van der Waals surface area contributed by atoms with Crippen LogP contribution in [0.25, 0.3) is 33.4 Å². The molecule has 63 heavy (non-hydrogen) atoms. The minimum absolute atomic E-state index is 0.477. The summed E-state index contributed by atoms with van der Waals surface area (Å²) in [7, 11) is 0. The molecule has 0 unspecified atom stereocenters. The normalized spacial score (nSPS) is 13.7. The fraction of sp³-hybridized carbons (Fsp3) is 0.0323. The highest BCUT2D eigenvalue weighted by molar-refractivity contribution is 5.95. The van der Waals surface area contributed by atoms with Crippen molar-refractivity contribution in [1.82, 2.24) is 0 Å². The number of hydrogen-bond donors (Lipinski definition) is 0. The molecular formula is C62H43N. The van der Waals surface area contributed by atoms with Gasteiger partial charge in [0.15, 0.2) is 0 Å². The first-order valence-corrected chi connectivity index (χ1v) is 21.9. The third kappa shape index (κ3) is 5.50. The smallest absolute Gasteiger partial charge is 0.0713 e. The summed E-state index contributed by atoms with van der Waals surface area (Å²) in [4.78, 5) is 2.49. The number of rotatable bonds is 8. The van der Waals surface area contributed by atoms with Gasteiger partial charge in [0.1, 0.15) is 0 Å². The van der Waals surface area contributed by atoms with Crippen molar-refractivity contribution in [3.05, 3.63) is 305 Å². The Morgan fingerprint density at radius 2 is 0.556 bits per heavy atom. The second-order valence-electron chi connectivity index (χ2n) is 16.7. The molecule has 10 aromatic rings. The van der Waals surface area contributed by atoms with Gasteiger partial charge in [-0.3, -0.25) is 0 Å². The molecule has 1 nitrogen and oxygen atoms in total. The lowest BCUT2D eigenvalue weighted by Crippen LogP contribution is -2.28. The fourth-order valence-corrected chi connectivity index (χ4v) is 11.1. The maximum Gasteiger partial charge on any atom is 0.0713 e. The molecule has 0 aliphatic heterocycles. The number of para-hydroxylation sites is 1. The van der Waals surface area contributed by atoms with Crippen molar-refractivity contribution < 1.29 is 0 Å². The quantitative estimate of drug-likeness (QED) is 0.148. The first-order chi connectivity index (χ1) is 31.3. The Morgan fingerprint density at radius 3 is 0.968 bits per heavy atom. The predicted octanol–water partition coefficient (Wildman–Crippen LogP) is 15.5. The molecule has 0 radical (unpaired) electrons. The highest BCUT2D eigenvalue weighted by atomic mass is 15.1. The van der Waals surface area contributed by atoms with Crippen LogP contribution in [0.4, 0.5) is 17.1 Å². The van der Waals surface area contributed by atoms with Crippen molar-refractivity contribution in [2.45, 2.75) is 10.8 Å². The number of nitrogens with zero attached hydrogens (tertiary/aromatic N) is 1. The summed E-state index contributed by atoms with van der Waals surface area (Å²) >= 11 is 0. The van der Waals surface area contributed by atoms with Gasteiger partial charge in [0, 0.05) is 16.9 Å². The summed E-state index contributed by atoms with van der Waals surface area (Å²) in [6.45, 7) is 0. The summed E-state index contributed by atoms with van der Waals surface area (Å²) in [5, 5.41) is 0. The van der Waals surface area contributed by atoms with Gasteiger partial charge in [-0.15, -0.1) is 0 Å². The lowest BCUT2D eigenvalue weighted by molar-refractivity contribution is 0.768. The minimum atomic E-state index is -0.477. The maximum absolute atomic E-state index is 2.49. The largest absolute Gasteiger partial charge is 0.310 e. The van der Waals surface area contributed by atoms with Crippen molar-refractivity contribution in [3.8, 4) is 33.4 Å². The second kappa shape index (κ2) is 14.9. The SMILES string of the molecule is c1ccc(-c2ccccc2N(c2ccc3c(c2)-c2ccccc2C3(c2ccccc2)c2ccccc2)c2ccc3c(c2)-c2ccccc2C3(c2ccccc2)c2ccccc2)cc1. The molecule has 2 aliphatic rings. The first-order valence-electron chi connectivity index (χ1n) is 21.9. The van der Waals surface area contributed by atoms with Crippen LogP contribution in [-0.2, 0) is 10.8 Å². The first kappa shape index (κ1) is 36.8. The monoisotopic (exact) mass is 801 g/mol. The maximum atomic E-state index is 2.49. The summed E-state index contributed by atoms with van der Waals surface area (Å²) in [6.07, 6.45) is 0. The van der Waals surface area contributed by atoms with Crippen molar-refractivity contribution >= 4 is 17.1 Å². The van der Waals surface area contributed by atoms with E-state index in [0.717, 1.165) is 17.1 Å². The Hall–Kier alpha value is -8.00. The standard InChI is InChI=1S/C62H43N/c1-6-22-44(23-7-1)51-32-18-21-37-60(51)63(49-38-40-58-54(42-49)52-33-16-19-35-56(52)61(58,45-24-8-2-9-25-45)46-26-10-3-11-27-46)50-39-41-59-55(43-50)53-34-17-20-36-57(53)62(59,47-28-12-4-13-29-47)48-30-14-5-15-31-48/h1-43H. The van der Waals surface area contributed by atoms with Gasteiger partial charge in [0.2, 0.25) is 0 Å². The van der Waals surface area contributed by atoms with Crippen molar-refractivity contribution in [2.24, 2.45) is 0 Å². The van der Waals surface area contributed by atoms with E-state index in [9.17, 15) is 0 Å². The average Bonchev–Trinajstić information content (AvgIpc) is 3.84. The van der Waals surface area contributed by atoms with Gasteiger partial charge < -0.3 is 4.90 Å². The molecular weight excluding hydrogens is 759 g/mol. The molecule has 296 valence electrons. The Bertz CT molecular complexity index is 3000. The number of hydrogen-bond acceptors (Lipinski definition) is 1. The molecule has 0 spiro atoms. The molecule has 0 heterocycles. The van der Waals surface area contributed by atoms with Gasteiger partial charge in [0.05, 0.1) is 16.5 Å². The van der Waals surface area contributed by atoms with Crippen LogP contribution in [0.3, 0.4) is 0 Å². The lowest BCUT2D eigenvalue weighted by atomic mass is 9.67. The molecule has 12 rings (SSSR count). The zero-order valence-corrected chi connectivity index (χ0v) is 34.8. The van der Waals surface area contributed by atoms with Gasteiger partial charge in [-0.1, -0.05) is 231 Å². The summed E-state index contributed by atoms with van der Waals surface area (Å²) in [5.41, 5.74) is 20.0. The van der Waals surface area contributed by atoms with E-state index >= 15 is 0 Å². The molecule has 1 heteroatoms. The van der Waals surface area contributed by atoms with E-state index in [4.69, 9.17) is 0 Å². The van der Waals surface area contributed by atoms with Gasteiger partial charge in [-0.25, -0.2) is 0 Å². The molecule has 0 saturated heterocycles. The summed E-state index contributed by atoms with van der Waals surface area (Å²) < 4.78 is 0. The highest BCUT2D eigenvalue weighted by Gasteiger charge is 2.48. The third-order valence-electron chi connectivity index (χ3n) is 13.6. The van der Waals surface area contributed by atoms with Crippen LogP contribution >= 0.6 is 0 Å². The molecule has 0 N–H and O–H groups in total. The zero-order valence-electron chi connectivity index (χ0n) is 34.8. The minimum Gasteiger partial charge on any atom is -0.310 e.